The number of nitrogens with one attached hydrogen (secondary N) is 1. The van der Waals surface area contributed by atoms with Gasteiger partial charge in [0, 0.05) is 22.3 Å². The molecule has 12 heteroatoms. The Bertz CT molecular complexity index is 1100. The van der Waals surface area contributed by atoms with E-state index in [1.807, 2.05) is 36.4 Å². The number of aromatic nitrogens is 2. The van der Waals surface area contributed by atoms with Crippen molar-refractivity contribution in [1.29, 1.82) is 0 Å². The number of benzene rings is 1. The van der Waals surface area contributed by atoms with Gasteiger partial charge in [-0.1, -0.05) is 13.8 Å². The number of H-pyrrole nitrogens is 1. The van der Waals surface area contributed by atoms with E-state index in [9.17, 15) is 29.9 Å². The fourth-order valence-electron chi connectivity index (χ4n) is 3.63. The first-order valence-corrected chi connectivity index (χ1v) is 11.0. The maximum Gasteiger partial charge on any atom is 0.330 e. The van der Waals surface area contributed by atoms with E-state index < -0.39 is 47.3 Å². The summed E-state index contributed by atoms with van der Waals surface area (Å²) in [5.41, 5.74) is -0.929. The molecule has 11 nitrogen and oxygen atoms in total. The second-order valence-electron chi connectivity index (χ2n) is 7.87. The molecule has 1 saturated heterocycles. The summed E-state index contributed by atoms with van der Waals surface area (Å²) in [4.78, 5) is 37.9. The van der Waals surface area contributed by atoms with Gasteiger partial charge in [0.25, 0.3) is 11.2 Å². The number of halogens is 1. The zero-order valence-electron chi connectivity index (χ0n) is 17.4. The highest BCUT2D eigenvalue weighted by atomic mass is 127. The molecular weight excluding hydrogens is 537 g/mol. The van der Waals surface area contributed by atoms with Crippen molar-refractivity contribution in [3.8, 4) is 0 Å². The number of ether oxygens (including phenoxy) is 2. The largest absolute Gasteiger partial charge is 0.394 e. The summed E-state index contributed by atoms with van der Waals surface area (Å²) in [6.45, 7) is 3.08. The van der Waals surface area contributed by atoms with Gasteiger partial charge in [0.2, 0.25) is 0 Å². The molecule has 1 aliphatic heterocycles. The Morgan fingerprint density at radius 3 is 2.72 bits per heavy atom. The number of hydrogen-bond donors (Lipinski definition) is 3. The fraction of sp³-hybridized carbons (Fsp3) is 0.500. The number of nitro groups is 1. The summed E-state index contributed by atoms with van der Waals surface area (Å²) >= 11 is 1.99. The molecule has 2 heterocycles. The van der Waals surface area contributed by atoms with Crippen molar-refractivity contribution in [3.05, 3.63) is 70.0 Å². The summed E-state index contributed by atoms with van der Waals surface area (Å²) in [7, 11) is 0. The van der Waals surface area contributed by atoms with Crippen LogP contribution in [0.4, 0.5) is 5.69 Å². The molecule has 0 amide bonds. The highest BCUT2D eigenvalue weighted by Gasteiger charge is 2.35. The maximum absolute atomic E-state index is 12.3. The van der Waals surface area contributed by atoms with E-state index in [4.69, 9.17) is 9.47 Å². The van der Waals surface area contributed by atoms with Gasteiger partial charge in [0.05, 0.1) is 41.5 Å². The highest BCUT2D eigenvalue weighted by Crippen LogP contribution is 2.34. The topological polar surface area (TPSA) is 157 Å². The molecule has 2 unspecified atom stereocenters. The van der Waals surface area contributed by atoms with Crippen molar-refractivity contribution >= 4 is 28.3 Å². The number of rotatable bonds is 8. The summed E-state index contributed by atoms with van der Waals surface area (Å²) < 4.78 is 13.3. The van der Waals surface area contributed by atoms with Gasteiger partial charge < -0.3 is 19.7 Å². The molecule has 0 radical (unpaired) electrons. The summed E-state index contributed by atoms with van der Waals surface area (Å²) in [5.74, 6) is -0.141. The molecule has 0 saturated carbocycles. The van der Waals surface area contributed by atoms with Gasteiger partial charge in [0.1, 0.15) is 12.3 Å². The number of nitrogens with zero attached hydrogens (tertiary/aromatic N) is 2. The van der Waals surface area contributed by atoms with Crippen molar-refractivity contribution in [2.45, 2.75) is 51.4 Å². The Labute approximate surface area is 196 Å². The van der Waals surface area contributed by atoms with Gasteiger partial charge >= 0.3 is 5.69 Å². The molecule has 0 bridgehead atoms. The minimum Gasteiger partial charge on any atom is -0.394 e. The van der Waals surface area contributed by atoms with E-state index in [1.165, 1.54) is 12.3 Å². The third kappa shape index (κ3) is 5.26. The van der Waals surface area contributed by atoms with Crippen LogP contribution in [0.25, 0.3) is 0 Å². The van der Waals surface area contributed by atoms with Crippen LogP contribution >= 0.6 is 22.6 Å². The molecule has 1 fully saturated rings. The Hall–Kier alpha value is -2.13. The lowest BCUT2D eigenvalue weighted by atomic mass is 9.97. The van der Waals surface area contributed by atoms with Crippen LogP contribution in [0.2, 0.25) is 0 Å². The van der Waals surface area contributed by atoms with Crippen molar-refractivity contribution < 1.29 is 24.6 Å². The van der Waals surface area contributed by atoms with Gasteiger partial charge in [-0.3, -0.25) is 24.5 Å². The molecule has 0 spiro atoms. The van der Waals surface area contributed by atoms with E-state index >= 15 is 0 Å². The lowest BCUT2D eigenvalue weighted by molar-refractivity contribution is -0.386. The van der Waals surface area contributed by atoms with Crippen LogP contribution in [0.15, 0.2) is 34.0 Å². The summed E-state index contributed by atoms with van der Waals surface area (Å²) in [6, 6.07) is 4.84. The zero-order chi connectivity index (χ0) is 23.6. The van der Waals surface area contributed by atoms with Crippen LogP contribution in [0, 0.1) is 19.6 Å². The van der Waals surface area contributed by atoms with E-state index in [2.05, 4.69) is 4.98 Å². The van der Waals surface area contributed by atoms with E-state index in [0.29, 0.717) is 9.13 Å². The van der Waals surface area contributed by atoms with Gasteiger partial charge in [0.15, 0.2) is 0 Å². The fourth-order valence-corrected chi connectivity index (χ4v) is 4.11. The highest BCUT2D eigenvalue weighted by molar-refractivity contribution is 14.1. The second-order valence-corrected chi connectivity index (χ2v) is 9.12. The van der Waals surface area contributed by atoms with E-state index in [0.717, 1.165) is 4.57 Å². The first-order valence-electron chi connectivity index (χ1n) is 9.96. The van der Waals surface area contributed by atoms with Crippen LogP contribution in [-0.4, -0.2) is 43.5 Å². The molecule has 1 aromatic heterocycles. The van der Waals surface area contributed by atoms with Crippen molar-refractivity contribution in [2.75, 3.05) is 6.61 Å². The molecule has 3 rings (SSSR count). The van der Waals surface area contributed by atoms with Gasteiger partial charge in [-0.2, -0.15) is 0 Å². The van der Waals surface area contributed by atoms with Crippen LogP contribution < -0.4 is 11.2 Å². The molecular formula is C20H24IN3O8. The number of aliphatic hydroxyl groups excluding tert-OH is 2. The zero-order valence-corrected chi connectivity index (χ0v) is 19.6. The molecule has 2 aromatic rings. The number of aliphatic hydroxyl groups is 2. The molecule has 1 aromatic carbocycles. The molecule has 4 atom stereocenters. The van der Waals surface area contributed by atoms with E-state index in [1.54, 1.807) is 12.1 Å². The monoisotopic (exact) mass is 561 g/mol. The average Bonchev–Trinajstić information content (AvgIpc) is 3.10. The number of nitro benzene ring substituents is 1. The lowest BCUT2D eigenvalue weighted by Gasteiger charge is -2.22. The molecule has 32 heavy (non-hydrogen) atoms. The normalized spacial score (nSPS) is 21.8. The Balaban J connectivity index is 1.88. The first kappa shape index (κ1) is 24.5. The smallest absolute Gasteiger partial charge is 0.330 e. The summed E-state index contributed by atoms with van der Waals surface area (Å²) in [6.07, 6.45) is -1.95. The minimum atomic E-state index is -0.949. The summed E-state index contributed by atoms with van der Waals surface area (Å²) in [5, 5.41) is 30.7. The molecule has 3 N–H and O–H groups in total. The Kier molecular flexibility index (Phi) is 7.82. The number of aromatic amines is 1. The predicted molar refractivity (Wildman–Crippen MR) is 121 cm³/mol. The first-order chi connectivity index (χ1) is 15.1. The Morgan fingerprint density at radius 2 is 2.12 bits per heavy atom. The maximum atomic E-state index is 12.3. The van der Waals surface area contributed by atoms with Crippen LogP contribution in [0.3, 0.4) is 0 Å². The van der Waals surface area contributed by atoms with Gasteiger partial charge in [-0.15, -0.1) is 0 Å². The third-order valence-electron chi connectivity index (χ3n) is 5.26. The quantitative estimate of drug-likeness (QED) is 0.249. The van der Waals surface area contributed by atoms with Crippen LogP contribution in [0.5, 0.6) is 0 Å². The van der Waals surface area contributed by atoms with Gasteiger partial charge in [-0.25, -0.2) is 4.79 Å². The van der Waals surface area contributed by atoms with Crippen LogP contribution in [-0.2, 0) is 16.1 Å². The van der Waals surface area contributed by atoms with Gasteiger partial charge in [-0.05, 0) is 40.6 Å². The SMILES string of the molecule is CC(C)C(OCc1cn([C@@H]2CC(O)[C@H](CO)O2)c(=O)[nH]c1=O)c1ccc(I)cc1[N+](=O)[O-]. The third-order valence-corrected chi connectivity index (χ3v) is 5.93. The molecule has 174 valence electrons. The van der Waals surface area contributed by atoms with Crippen molar-refractivity contribution in [3.63, 3.8) is 0 Å². The minimum absolute atomic E-state index is 0.0704. The molecule has 0 aliphatic carbocycles. The second kappa shape index (κ2) is 10.2. The standard InChI is InChI=1S/C20H24IN3O8/c1-10(2)18(13-4-3-12(21)5-14(13)24(29)30)31-9-11-7-23(20(28)22-19(11)27)17-6-15(26)16(8-25)32-17/h3-5,7,10,15-18,25-26H,6,8-9H2,1-2H3,(H,22,27,28)/t15?,16-,17-,18?/m0/s1. The molecule has 1 aliphatic rings. The lowest BCUT2D eigenvalue weighted by Crippen LogP contribution is -2.34. The van der Waals surface area contributed by atoms with E-state index in [-0.39, 0.29) is 30.2 Å². The Morgan fingerprint density at radius 1 is 1.41 bits per heavy atom. The number of hydrogen-bond acceptors (Lipinski definition) is 8. The average molecular weight is 561 g/mol. The van der Waals surface area contributed by atoms with Crippen LogP contribution in [0.1, 0.15) is 43.7 Å². The van der Waals surface area contributed by atoms with Crippen molar-refractivity contribution in [1.82, 2.24) is 9.55 Å². The van der Waals surface area contributed by atoms with Crippen molar-refractivity contribution in [2.24, 2.45) is 5.92 Å². The predicted octanol–water partition coefficient (Wildman–Crippen LogP) is 1.60.